The molecule has 2 aromatic carbocycles. The van der Waals surface area contributed by atoms with E-state index in [2.05, 4.69) is 10.3 Å². The second-order valence-electron chi connectivity index (χ2n) is 6.19. The molecule has 4 rings (SSSR count). The first-order valence-electron chi connectivity index (χ1n) is 8.57. The van der Waals surface area contributed by atoms with Crippen LogP contribution in [-0.2, 0) is 11.3 Å². The number of ether oxygens (including phenoxy) is 1. The van der Waals surface area contributed by atoms with Crippen molar-refractivity contribution < 1.29 is 18.3 Å². The Hall–Kier alpha value is -3.35. The van der Waals surface area contributed by atoms with E-state index in [-0.39, 0.29) is 11.7 Å². The van der Waals surface area contributed by atoms with Gasteiger partial charge in [-0.05, 0) is 36.4 Å². The predicted octanol–water partition coefficient (Wildman–Crippen LogP) is 2.99. The van der Waals surface area contributed by atoms with Crippen LogP contribution in [0.3, 0.4) is 0 Å². The van der Waals surface area contributed by atoms with E-state index >= 15 is 0 Å². The van der Waals surface area contributed by atoms with E-state index < -0.39 is 6.10 Å². The number of carbonyl (C=O) groups excluding carboxylic acids is 1. The van der Waals surface area contributed by atoms with Crippen molar-refractivity contribution in [2.24, 2.45) is 0 Å². The lowest BCUT2D eigenvalue weighted by Crippen LogP contribution is -2.47. The fourth-order valence-electron chi connectivity index (χ4n) is 3.05. The number of anilines is 1. The molecule has 1 amide bonds. The lowest BCUT2D eigenvalue weighted by molar-refractivity contribution is -0.127. The maximum Gasteiger partial charge on any atom is 0.262 e. The Balaban J connectivity index is 1.58. The first kappa shape index (κ1) is 17.1. The number of likely N-dealkylation sites (N-methyl/N-ethyl adjacent to an activating group) is 1. The molecule has 0 fully saturated rings. The molecule has 0 unspecified atom stereocenters. The van der Waals surface area contributed by atoms with Crippen molar-refractivity contribution in [3.8, 4) is 17.1 Å². The number of amides is 1. The Kier molecular flexibility index (Phi) is 4.50. The van der Waals surface area contributed by atoms with Gasteiger partial charge in [0.15, 0.2) is 11.9 Å². The van der Waals surface area contributed by atoms with Crippen molar-refractivity contribution in [3.05, 3.63) is 66.4 Å². The van der Waals surface area contributed by atoms with Crippen molar-refractivity contribution in [2.45, 2.75) is 12.6 Å². The fourth-order valence-corrected chi connectivity index (χ4v) is 3.05. The number of fused-ring (bicyclic) bond motifs is 1. The number of oxazole rings is 1. The lowest BCUT2D eigenvalue weighted by atomic mass is 10.2. The van der Waals surface area contributed by atoms with Gasteiger partial charge in [0.25, 0.3) is 5.91 Å². The van der Waals surface area contributed by atoms with Crippen LogP contribution in [-0.4, -0.2) is 30.6 Å². The normalized spacial score (nSPS) is 15.8. The predicted molar refractivity (Wildman–Crippen MR) is 97.9 cm³/mol. The summed E-state index contributed by atoms with van der Waals surface area (Å²) in [6.45, 7) is 0.764. The minimum atomic E-state index is -0.614. The van der Waals surface area contributed by atoms with E-state index in [1.807, 2.05) is 29.2 Å². The Morgan fingerprint density at radius 3 is 2.81 bits per heavy atom. The Morgan fingerprint density at radius 1 is 1.26 bits per heavy atom. The summed E-state index contributed by atoms with van der Waals surface area (Å²) in [6, 6.07) is 13.6. The monoisotopic (exact) mass is 367 g/mol. The molecule has 1 N–H and O–H groups in total. The maximum atomic E-state index is 13.1. The molecule has 1 atom stereocenters. The van der Waals surface area contributed by atoms with Crippen LogP contribution in [0.4, 0.5) is 10.1 Å². The molecular formula is C20H18FN3O3. The summed E-state index contributed by atoms with van der Waals surface area (Å²) in [5.74, 6) is 1.22. The van der Waals surface area contributed by atoms with Gasteiger partial charge in [-0.2, -0.15) is 0 Å². The molecule has 6 nitrogen and oxygen atoms in total. The minimum absolute atomic E-state index is 0.186. The van der Waals surface area contributed by atoms with Gasteiger partial charge < -0.3 is 19.4 Å². The number of hydrogen-bond donors (Lipinski definition) is 1. The molecule has 1 aromatic heterocycles. The number of carbonyl (C=O) groups is 1. The summed E-state index contributed by atoms with van der Waals surface area (Å²) in [5.41, 5.74) is 1.62. The van der Waals surface area contributed by atoms with Gasteiger partial charge in [0.05, 0.1) is 25.0 Å². The standard InChI is InChI=1S/C20H18FN3O3/c1-22-20(25)18-11-24(15-4-2-3-5-16(15)26-18)12-19-23-10-17(27-19)13-6-8-14(21)9-7-13/h2-10,18H,11-12H2,1H3,(H,22,25)/t18-/m1/s1. The van der Waals surface area contributed by atoms with Gasteiger partial charge in [0.2, 0.25) is 5.89 Å². The highest BCUT2D eigenvalue weighted by Gasteiger charge is 2.30. The second-order valence-corrected chi connectivity index (χ2v) is 6.19. The number of rotatable bonds is 4. The molecule has 138 valence electrons. The highest BCUT2D eigenvalue weighted by Crippen LogP contribution is 2.34. The quantitative estimate of drug-likeness (QED) is 0.768. The molecule has 0 bridgehead atoms. The summed E-state index contributed by atoms with van der Waals surface area (Å²) in [7, 11) is 1.58. The van der Waals surface area contributed by atoms with Crippen LogP contribution in [0.2, 0.25) is 0 Å². The van der Waals surface area contributed by atoms with Gasteiger partial charge >= 0.3 is 0 Å². The average molecular weight is 367 g/mol. The number of aromatic nitrogens is 1. The van der Waals surface area contributed by atoms with Crippen LogP contribution >= 0.6 is 0 Å². The first-order valence-corrected chi connectivity index (χ1v) is 8.57. The molecule has 2 heterocycles. The van der Waals surface area contributed by atoms with E-state index in [0.29, 0.717) is 30.5 Å². The average Bonchev–Trinajstić information content (AvgIpc) is 3.16. The number of nitrogens with zero attached hydrogens (tertiary/aromatic N) is 2. The molecule has 1 aliphatic heterocycles. The van der Waals surface area contributed by atoms with E-state index in [4.69, 9.17) is 9.15 Å². The summed E-state index contributed by atoms with van der Waals surface area (Å²) in [6.07, 6.45) is 1.00. The maximum absolute atomic E-state index is 13.1. The van der Waals surface area contributed by atoms with Crippen LogP contribution in [0.5, 0.6) is 5.75 Å². The minimum Gasteiger partial charge on any atom is -0.477 e. The van der Waals surface area contributed by atoms with E-state index in [9.17, 15) is 9.18 Å². The zero-order valence-corrected chi connectivity index (χ0v) is 14.7. The van der Waals surface area contributed by atoms with Gasteiger partial charge in [-0.25, -0.2) is 9.37 Å². The van der Waals surface area contributed by atoms with Gasteiger partial charge in [0, 0.05) is 12.6 Å². The van der Waals surface area contributed by atoms with Crippen LogP contribution in [0.1, 0.15) is 5.89 Å². The summed E-state index contributed by atoms with van der Waals surface area (Å²) in [4.78, 5) is 18.4. The van der Waals surface area contributed by atoms with Crippen molar-refractivity contribution in [3.63, 3.8) is 0 Å². The smallest absolute Gasteiger partial charge is 0.262 e. The largest absolute Gasteiger partial charge is 0.477 e. The van der Waals surface area contributed by atoms with Gasteiger partial charge in [-0.1, -0.05) is 12.1 Å². The molecule has 7 heteroatoms. The molecule has 0 aliphatic carbocycles. The number of nitrogens with one attached hydrogen (secondary N) is 1. The Morgan fingerprint density at radius 2 is 2.04 bits per heavy atom. The lowest BCUT2D eigenvalue weighted by Gasteiger charge is -2.34. The molecule has 1 aliphatic rings. The van der Waals surface area contributed by atoms with Crippen LogP contribution in [0.15, 0.2) is 59.1 Å². The Bertz CT molecular complexity index is 955. The topological polar surface area (TPSA) is 67.6 Å². The third-order valence-electron chi connectivity index (χ3n) is 4.41. The zero-order chi connectivity index (χ0) is 18.8. The number of para-hydroxylation sites is 2. The van der Waals surface area contributed by atoms with Gasteiger partial charge in [0.1, 0.15) is 11.6 Å². The number of halogens is 1. The van der Waals surface area contributed by atoms with Gasteiger partial charge in [-0.15, -0.1) is 0 Å². The molecule has 0 radical (unpaired) electrons. The van der Waals surface area contributed by atoms with E-state index in [0.717, 1.165) is 11.3 Å². The number of hydrogen-bond acceptors (Lipinski definition) is 5. The summed E-state index contributed by atoms with van der Waals surface area (Å²) in [5, 5.41) is 2.62. The van der Waals surface area contributed by atoms with E-state index in [1.54, 1.807) is 25.4 Å². The third-order valence-corrected chi connectivity index (χ3v) is 4.41. The molecule has 0 spiro atoms. The highest BCUT2D eigenvalue weighted by atomic mass is 19.1. The molecule has 27 heavy (non-hydrogen) atoms. The van der Waals surface area contributed by atoms with Gasteiger partial charge in [-0.3, -0.25) is 4.79 Å². The van der Waals surface area contributed by atoms with Crippen molar-refractivity contribution in [1.29, 1.82) is 0 Å². The fraction of sp³-hybridized carbons (Fsp3) is 0.200. The number of benzene rings is 2. The summed E-state index contributed by atoms with van der Waals surface area (Å²) >= 11 is 0. The van der Waals surface area contributed by atoms with Crippen molar-refractivity contribution in [1.82, 2.24) is 10.3 Å². The molecule has 0 saturated carbocycles. The molecule has 0 saturated heterocycles. The second kappa shape index (κ2) is 7.11. The molecule has 3 aromatic rings. The highest BCUT2D eigenvalue weighted by molar-refractivity contribution is 5.83. The first-order chi connectivity index (χ1) is 13.1. The van der Waals surface area contributed by atoms with Crippen molar-refractivity contribution in [2.75, 3.05) is 18.5 Å². The van der Waals surface area contributed by atoms with E-state index in [1.165, 1.54) is 12.1 Å². The third kappa shape index (κ3) is 3.48. The summed E-state index contributed by atoms with van der Waals surface area (Å²) < 4.78 is 24.7. The SMILES string of the molecule is CNC(=O)[C@H]1CN(Cc2ncc(-c3ccc(F)cc3)o2)c2ccccc2O1. The van der Waals surface area contributed by atoms with Crippen molar-refractivity contribution >= 4 is 11.6 Å². The zero-order valence-electron chi connectivity index (χ0n) is 14.7. The van der Waals surface area contributed by atoms with Crippen LogP contribution in [0.25, 0.3) is 11.3 Å². The van der Waals surface area contributed by atoms with Crippen LogP contribution < -0.4 is 15.0 Å². The molecular weight excluding hydrogens is 349 g/mol. The Labute approximate surface area is 155 Å². The van der Waals surface area contributed by atoms with Crippen LogP contribution in [0, 0.1) is 5.82 Å².